The number of hydrogen-bond acceptors (Lipinski definition) is 6. The number of pyridine rings is 1. The Morgan fingerprint density at radius 2 is 1.80 bits per heavy atom. The topological polar surface area (TPSA) is 83.5 Å². The van der Waals surface area contributed by atoms with Crippen LogP contribution in [0.15, 0.2) is 60.9 Å². The number of aromatic nitrogens is 1. The molecule has 1 aromatic heterocycles. The zero-order chi connectivity index (χ0) is 21.0. The summed E-state index contributed by atoms with van der Waals surface area (Å²) in [6.07, 6.45) is -2.55. The van der Waals surface area contributed by atoms with Crippen molar-refractivity contribution in [2.75, 3.05) is 12.4 Å². The van der Waals surface area contributed by atoms with Gasteiger partial charge in [0.1, 0.15) is 5.75 Å². The maximum absolute atomic E-state index is 12.9. The fourth-order valence-corrected chi connectivity index (χ4v) is 2.63. The van der Waals surface area contributed by atoms with Crippen molar-refractivity contribution in [1.29, 1.82) is 0 Å². The van der Waals surface area contributed by atoms with Gasteiger partial charge in [-0.25, -0.2) is 0 Å². The van der Waals surface area contributed by atoms with Crippen LogP contribution in [0.3, 0.4) is 0 Å². The molecule has 10 heteroatoms. The van der Waals surface area contributed by atoms with Crippen LogP contribution in [0.5, 0.6) is 11.5 Å². The molecule has 0 atom stereocenters. The number of carbonyl (C=O) groups excluding carboxylic acids is 1. The molecule has 0 saturated carbocycles. The van der Waals surface area contributed by atoms with Crippen molar-refractivity contribution in [1.82, 2.24) is 4.98 Å². The van der Waals surface area contributed by atoms with Crippen LogP contribution >= 0.6 is 0 Å². The summed E-state index contributed by atoms with van der Waals surface area (Å²) in [4.78, 5) is 15.0. The van der Waals surface area contributed by atoms with Crippen molar-refractivity contribution in [3.05, 3.63) is 66.5 Å². The van der Waals surface area contributed by atoms with Crippen molar-refractivity contribution in [2.45, 2.75) is 6.36 Å². The van der Waals surface area contributed by atoms with Gasteiger partial charge in [0.2, 0.25) is 0 Å². The molecule has 0 bridgehead atoms. The number of nitrogens with one attached hydrogen (secondary N) is 1. The first-order chi connectivity index (χ1) is 13.8. The van der Waals surface area contributed by atoms with Gasteiger partial charge in [0.25, 0.3) is 0 Å². The number of carboxylic acid groups (broad SMARTS) is 1. The number of ether oxygens (including phenoxy) is 2. The summed E-state index contributed by atoms with van der Waals surface area (Å²) in [5.41, 5.74) is 0.674. The number of carboxylic acids is 1. The number of carbonyl (C=O) groups is 1. The Labute approximate surface area is 181 Å². The van der Waals surface area contributed by atoms with Gasteiger partial charge in [0.05, 0.1) is 30.7 Å². The molecule has 6 nitrogen and oxygen atoms in total. The van der Waals surface area contributed by atoms with Gasteiger partial charge in [-0.3, -0.25) is 4.98 Å². The average molecular weight is 410 g/mol. The minimum absolute atomic E-state index is 0. The molecule has 3 rings (SSSR count). The molecule has 2 aromatic carbocycles. The number of hydrogen-bond donors (Lipinski definition) is 1. The van der Waals surface area contributed by atoms with E-state index in [1.54, 1.807) is 30.3 Å². The molecular formula is C20H14F3LiN2O4. The van der Waals surface area contributed by atoms with E-state index in [0.29, 0.717) is 16.9 Å². The van der Waals surface area contributed by atoms with Gasteiger partial charge >= 0.3 is 25.2 Å². The summed E-state index contributed by atoms with van der Waals surface area (Å²) in [6.45, 7) is 0. The minimum Gasteiger partial charge on any atom is -0.545 e. The van der Waals surface area contributed by atoms with E-state index in [1.807, 2.05) is 0 Å². The summed E-state index contributed by atoms with van der Waals surface area (Å²) in [7, 11) is 1.48. The molecule has 1 N–H and O–H groups in total. The summed E-state index contributed by atoms with van der Waals surface area (Å²) in [5, 5.41) is 13.8. The number of aromatic carboxylic acids is 1. The molecule has 3 aromatic rings. The number of anilines is 2. The fraction of sp³-hybridized carbons (Fsp3) is 0.100. The van der Waals surface area contributed by atoms with E-state index >= 15 is 0 Å². The van der Waals surface area contributed by atoms with Crippen LogP contribution in [0.25, 0.3) is 11.1 Å². The van der Waals surface area contributed by atoms with Crippen molar-refractivity contribution in [2.24, 2.45) is 0 Å². The van der Waals surface area contributed by atoms with Crippen molar-refractivity contribution in [3.63, 3.8) is 0 Å². The summed E-state index contributed by atoms with van der Waals surface area (Å²) >= 11 is 0. The predicted molar refractivity (Wildman–Crippen MR) is 97.0 cm³/mol. The number of halogens is 3. The van der Waals surface area contributed by atoms with E-state index in [4.69, 9.17) is 4.74 Å². The first kappa shape index (κ1) is 23.1. The first-order valence-electron chi connectivity index (χ1n) is 8.23. The van der Waals surface area contributed by atoms with Crippen LogP contribution in [0.2, 0.25) is 0 Å². The van der Waals surface area contributed by atoms with Gasteiger partial charge in [-0.2, -0.15) is 0 Å². The quantitative estimate of drug-likeness (QED) is 0.605. The second-order valence-electron chi connectivity index (χ2n) is 5.82. The molecule has 0 radical (unpaired) electrons. The number of methoxy groups -OCH3 is 1. The zero-order valence-corrected chi connectivity index (χ0v) is 16.0. The van der Waals surface area contributed by atoms with Crippen molar-refractivity contribution in [3.8, 4) is 22.6 Å². The van der Waals surface area contributed by atoms with Gasteiger partial charge in [-0.15, -0.1) is 13.2 Å². The molecule has 0 aliphatic carbocycles. The molecule has 30 heavy (non-hydrogen) atoms. The van der Waals surface area contributed by atoms with Gasteiger partial charge in [-0.05, 0) is 41.5 Å². The Morgan fingerprint density at radius 3 is 2.47 bits per heavy atom. The SMILES string of the molecule is COc1cccc(-c2ccc(Nc3cnccc3C(=O)[O-])c(OC(F)(F)F)c2)c1.[Li+]. The van der Waals surface area contributed by atoms with Crippen molar-refractivity contribution < 1.29 is 51.4 Å². The summed E-state index contributed by atoms with van der Waals surface area (Å²) in [5.74, 6) is -1.50. The molecule has 0 aliphatic rings. The van der Waals surface area contributed by atoms with Crippen LogP contribution in [0.1, 0.15) is 10.4 Å². The molecular weight excluding hydrogens is 396 g/mol. The normalized spacial score (nSPS) is 10.7. The van der Waals surface area contributed by atoms with E-state index in [-0.39, 0.29) is 35.8 Å². The van der Waals surface area contributed by atoms with Crippen LogP contribution in [0.4, 0.5) is 24.5 Å². The molecule has 1 heterocycles. The summed E-state index contributed by atoms with van der Waals surface area (Å²) < 4.78 is 48.1. The van der Waals surface area contributed by atoms with Gasteiger partial charge in [0, 0.05) is 11.8 Å². The molecule has 0 unspecified atom stereocenters. The summed E-state index contributed by atoms with van der Waals surface area (Å²) in [6, 6.07) is 12.1. The predicted octanol–water partition coefficient (Wildman–Crippen LogP) is 0.767. The third-order valence-electron chi connectivity index (χ3n) is 3.92. The molecule has 0 aliphatic heterocycles. The maximum atomic E-state index is 12.9. The monoisotopic (exact) mass is 410 g/mol. The Bertz CT molecular complexity index is 1040. The van der Waals surface area contributed by atoms with Crippen LogP contribution < -0.4 is 38.8 Å². The molecule has 0 fully saturated rings. The third kappa shape index (κ3) is 5.69. The second-order valence-corrected chi connectivity index (χ2v) is 5.82. The van der Waals surface area contributed by atoms with Gasteiger partial charge in [0.15, 0.2) is 5.75 Å². The third-order valence-corrected chi connectivity index (χ3v) is 3.92. The number of nitrogens with zero attached hydrogens (tertiary/aromatic N) is 1. The molecule has 0 saturated heterocycles. The van der Waals surface area contributed by atoms with Crippen LogP contribution in [-0.4, -0.2) is 24.4 Å². The standard InChI is InChI=1S/C20H15F3N2O4.Li/c1-28-14-4-2-3-12(9-14)13-5-6-16(18(10-13)29-20(21,22)23)25-17-11-24-8-7-15(17)19(26)27;/h2-11,25H,1H3,(H,26,27);/q;+1/p-1. The van der Waals surface area contributed by atoms with Gasteiger partial charge < -0.3 is 24.7 Å². The Morgan fingerprint density at radius 1 is 1.07 bits per heavy atom. The van der Waals surface area contributed by atoms with E-state index in [9.17, 15) is 23.1 Å². The Kier molecular flexibility index (Phi) is 7.37. The smallest absolute Gasteiger partial charge is 0.545 e. The molecule has 0 amide bonds. The van der Waals surface area contributed by atoms with E-state index in [1.165, 1.54) is 37.7 Å². The van der Waals surface area contributed by atoms with Crippen LogP contribution in [0, 0.1) is 0 Å². The average Bonchev–Trinajstić information content (AvgIpc) is 2.68. The van der Waals surface area contributed by atoms with E-state index in [2.05, 4.69) is 15.0 Å². The number of rotatable bonds is 6. The van der Waals surface area contributed by atoms with E-state index < -0.39 is 18.1 Å². The van der Waals surface area contributed by atoms with Crippen molar-refractivity contribution >= 4 is 17.3 Å². The Hall–Kier alpha value is -3.15. The first-order valence-corrected chi connectivity index (χ1v) is 8.23. The van der Waals surface area contributed by atoms with E-state index in [0.717, 1.165) is 0 Å². The molecule has 150 valence electrons. The second kappa shape index (κ2) is 9.56. The van der Waals surface area contributed by atoms with Crippen LogP contribution in [-0.2, 0) is 0 Å². The minimum atomic E-state index is -4.95. The number of alkyl halides is 3. The zero-order valence-electron chi connectivity index (χ0n) is 16.0. The largest absolute Gasteiger partial charge is 1.00 e. The van der Waals surface area contributed by atoms with Gasteiger partial charge in [-0.1, -0.05) is 18.2 Å². The molecule has 0 spiro atoms. The fourth-order valence-electron chi connectivity index (χ4n) is 2.63. The number of benzene rings is 2. The Balaban J connectivity index is 0.00000320. The maximum Gasteiger partial charge on any atom is 1.00 e.